The number of amides is 1. The van der Waals surface area contributed by atoms with E-state index in [1.807, 2.05) is 18.2 Å². The van der Waals surface area contributed by atoms with Gasteiger partial charge < -0.3 is 34.6 Å². The number of nitrogens with zero attached hydrogens (tertiary/aromatic N) is 1. The summed E-state index contributed by atoms with van der Waals surface area (Å²) in [6.07, 6.45) is 11.9. The number of unbranched alkanes of at least 4 members (excludes halogenated alkanes) is 2. The molecular weight excluding hydrogens is 594 g/mol. The molecule has 0 aromatic heterocycles. The number of hydrogen-bond donors (Lipinski definition) is 5. The lowest BCUT2D eigenvalue weighted by molar-refractivity contribution is -0.946. The van der Waals surface area contributed by atoms with Crippen molar-refractivity contribution in [3.05, 3.63) is 59.7 Å². The Morgan fingerprint density at radius 3 is 2.53 bits per heavy atom. The highest BCUT2D eigenvalue weighted by Crippen LogP contribution is 2.42. The molecule has 2 bridgehead atoms. The predicted molar refractivity (Wildman–Crippen MR) is 184 cm³/mol. The molecule has 0 radical (unpaired) electrons. The van der Waals surface area contributed by atoms with E-state index in [4.69, 9.17) is 9.47 Å². The number of ether oxygens (including phenoxy) is 2. The van der Waals surface area contributed by atoms with Crippen LogP contribution in [0.1, 0.15) is 94.8 Å². The Balaban J connectivity index is 1.04. The van der Waals surface area contributed by atoms with E-state index in [1.165, 1.54) is 57.8 Å². The predicted octanol–water partition coefficient (Wildman–Crippen LogP) is 5.60. The third kappa shape index (κ3) is 9.34. The van der Waals surface area contributed by atoms with Gasteiger partial charge in [0.15, 0.2) is 0 Å². The van der Waals surface area contributed by atoms with Gasteiger partial charge in [0.1, 0.15) is 30.2 Å². The van der Waals surface area contributed by atoms with Crippen molar-refractivity contribution in [3.63, 3.8) is 0 Å². The molecule has 260 valence electrons. The molecule has 1 saturated carbocycles. The first-order valence-electron chi connectivity index (χ1n) is 18.2. The van der Waals surface area contributed by atoms with Gasteiger partial charge in [-0.15, -0.1) is 0 Å². The van der Waals surface area contributed by atoms with Gasteiger partial charge >= 0.3 is 0 Å². The number of aromatic hydroxyl groups is 1. The van der Waals surface area contributed by atoms with E-state index in [9.17, 15) is 20.1 Å². The lowest BCUT2D eigenvalue weighted by Gasteiger charge is -2.53. The first-order valence-corrected chi connectivity index (χ1v) is 18.2. The summed E-state index contributed by atoms with van der Waals surface area (Å²) in [5.74, 6) is 0.840. The summed E-state index contributed by atoms with van der Waals surface area (Å²) in [6.45, 7) is 8.23. The lowest BCUT2D eigenvalue weighted by atomic mass is 9.80. The highest BCUT2D eigenvalue weighted by atomic mass is 16.5. The number of carbonyl (C=O) groups excluding carboxylic acids is 1. The van der Waals surface area contributed by atoms with Crippen LogP contribution in [0.15, 0.2) is 48.5 Å². The number of phenols is 1. The van der Waals surface area contributed by atoms with E-state index in [2.05, 4.69) is 29.7 Å². The lowest BCUT2D eigenvalue weighted by Crippen LogP contribution is -2.64. The first-order chi connectivity index (χ1) is 22.9. The number of piperidine rings is 3. The molecule has 3 aliphatic heterocycles. The number of rotatable bonds is 20. The van der Waals surface area contributed by atoms with Crippen molar-refractivity contribution in [1.29, 1.82) is 0 Å². The van der Waals surface area contributed by atoms with Crippen molar-refractivity contribution in [2.24, 2.45) is 11.8 Å². The van der Waals surface area contributed by atoms with Crippen molar-refractivity contribution in [2.45, 2.75) is 102 Å². The van der Waals surface area contributed by atoms with Crippen LogP contribution in [0.2, 0.25) is 0 Å². The molecule has 1 amide bonds. The SMILES string of the molecule is CCCC(NC[C@H](O)c1ccc(O)c(NC=O)c1)OCCCCC[N+]12CCC(CC1)[C@@H](OCC(O)(c1ccccc1)C1CCCC1)C2. The van der Waals surface area contributed by atoms with Crippen molar-refractivity contribution in [2.75, 3.05) is 51.3 Å². The van der Waals surface area contributed by atoms with Crippen LogP contribution in [0, 0.1) is 11.8 Å². The van der Waals surface area contributed by atoms with Gasteiger partial charge in [-0.1, -0.05) is 62.6 Å². The number of phenolic OH excluding ortho intramolecular Hbond substituents is 1. The Kier molecular flexibility index (Phi) is 13.1. The average molecular weight is 653 g/mol. The van der Waals surface area contributed by atoms with Gasteiger partial charge in [0.05, 0.1) is 38.0 Å². The minimum Gasteiger partial charge on any atom is -0.506 e. The van der Waals surface area contributed by atoms with Crippen LogP contribution >= 0.6 is 0 Å². The molecule has 2 aromatic carbocycles. The Morgan fingerprint density at radius 2 is 1.81 bits per heavy atom. The zero-order valence-electron chi connectivity index (χ0n) is 28.3. The van der Waals surface area contributed by atoms with Crippen molar-refractivity contribution in [3.8, 4) is 5.75 Å². The van der Waals surface area contributed by atoms with Gasteiger partial charge in [-0.25, -0.2) is 0 Å². The normalized spacial score (nSPS) is 25.3. The van der Waals surface area contributed by atoms with Crippen LogP contribution in [-0.2, 0) is 19.9 Å². The number of aliphatic hydroxyl groups is 2. The molecule has 5 N–H and O–H groups in total. The zero-order chi connectivity index (χ0) is 33.1. The van der Waals surface area contributed by atoms with E-state index in [1.54, 1.807) is 12.1 Å². The third-order valence-electron chi connectivity index (χ3n) is 11.2. The molecule has 3 heterocycles. The average Bonchev–Trinajstić information content (AvgIpc) is 3.65. The highest BCUT2D eigenvalue weighted by Gasteiger charge is 2.48. The van der Waals surface area contributed by atoms with Gasteiger partial charge in [-0.2, -0.15) is 0 Å². The van der Waals surface area contributed by atoms with Crippen LogP contribution in [0.25, 0.3) is 0 Å². The maximum Gasteiger partial charge on any atom is 0.211 e. The largest absolute Gasteiger partial charge is 0.506 e. The number of anilines is 1. The summed E-state index contributed by atoms with van der Waals surface area (Å²) in [5.41, 5.74) is 0.986. The van der Waals surface area contributed by atoms with Gasteiger partial charge in [-0.3, -0.25) is 10.1 Å². The molecule has 4 atom stereocenters. The molecule has 2 aromatic rings. The molecule has 6 rings (SSSR count). The van der Waals surface area contributed by atoms with E-state index in [-0.39, 0.29) is 29.7 Å². The Labute approximate surface area is 281 Å². The van der Waals surface area contributed by atoms with Crippen LogP contribution in [0.5, 0.6) is 5.75 Å². The number of hydrogen-bond acceptors (Lipinski definition) is 7. The summed E-state index contributed by atoms with van der Waals surface area (Å²) < 4.78 is 14.1. The van der Waals surface area contributed by atoms with E-state index in [0.29, 0.717) is 37.6 Å². The Morgan fingerprint density at radius 1 is 1.04 bits per heavy atom. The summed E-state index contributed by atoms with van der Waals surface area (Å²) in [4.78, 5) is 10.8. The number of benzene rings is 2. The second-order valence-corrected chi connectivity index (χ2v) is 14.3. The quantitative estimate of drug-likeness (QED) is 0.0415. The van der Waals surface area contributed by atoms with E-state index in [0.717, 1.165) is 55.1 Å². The molecule has 3 saturated heterocycles. The molecule has 9 heteroatoms. The molecule has 4 aliphatic rings. The van der Waals surface area contributed by atoms with Crippen molar-refractivity contribution < 1.29 is 34.1 Å². The fraction of sp³-hybridized carbons (Fsp3) is 0.658. The highest BCUT2D eigenvalue weighted by molar-refractivity contribution is 5.75. The van der Waals surface area contributed by atoms with E-state index >= 15 is 0 Å². The minimum absolute atomic E-state index is 0.0398. The number of nitrogens with one attached hydrogen (secondary N) is 2. The number of carbonyl (C=O) groups is 1. The summed E-state index contributed by atoms with van der Waals surface area (Å²) in [5, 5.41) is 38.4. The van der Waals surface area contributed by atoms with Crippen LogP contribution in [0.3, 0.4) is 0 Å². The Hall–Kier alpha value is -2.53. The molecule has 47 heavy (non-hydrogen) atoms. The topological polar surface area (TPSA) is 120 Å². The van der Waals surface area contributed by atoms with Crippen LogP contribution in [0.4, 0.5) is 5.69 Å². The summed E-state index contributed by atoms with van der Waals surface area (Å²) in [7, 11) is 0. The summed E-state index contributed by atoms with van der Waals surface area (Å²) in [6, 6.07) is 14.9. The van der Waals surface area contributed by atoms with Crippen molar-refractivity contribution in [1.82, 2.24) is 5.32 Å². The number of fused-ring (bicyclic) bond motifs is 3. The smallest absolute Gasteiger partial charge is 0.211 e. The Bertz CT molecular complexity index is 1230. The minimum atomic E-state index is -0.902. The number of aliphatic hydroxyl groups excluding tert-OH is 1. The van der Waals surface area contributed by atoms with Gasteiger partial charge in [0.25, 0.3) is 0 Å². The van der Waals surface area contributed by atoms with Crippen LogP contribution < -0.4 is 10.6 Å². The van der Waals surface area contributed by atoms with Gasteiger partial charge in [0.2, 0.25) is 6.41 Å². The first kappa shape index (κ1) is 35.8. The second-order valence-electron chi connectivity index (χ2n) is 14.3. The van der Waals surface area contributed by atoms with Crippen LogP contribution in [-0.4, -0.2) is 84.5 Å². The van der Waals surface area contributed by atoms with Gasteiger partial charge in [0, 0.05) is 31.9 Å². The molecule has 0 spiro atoms. The second kappa shape index (κ2) is 17.2. The summed E-state index contributed by atoms with van der Waals surface area (Å²) >= 11 is 0. The third-order valence-corrected chi connectivity index (χ3v) is 11.2. The fourth-order valence-electron chi connectivity index (χ4n) is 8.28. The van der Waals surface area contributed by atoms with E-state index < -0.39 is 11.7 Å². The standard InChI is InChI=1S/C38H57N3O6/c1-2-11-37(39-25-35(44)30-16-17-34(43)33(24-30)40-28-42)46-23-10-4-9-20-41-21-18-29(19-22-41)36(26-41)47-27-38(45,32-14-7-8-15-32)31-12-5-3-6-13-31/h3,5-6,12-13,16-17,24,28-29,32,35-37,39,44-45H,2,4,7-11,14-15,18-23,25-27H2,1H3,(H-,40,42,43)/p+1/t29?,35-,36-,37?,38?,41?/m0/s1. The number of quaternary nitrogens is 1. The molecule has 9 nitrogen and oxygen atoms in total. The maximum atomic E-state index is 12.0. The van der Waals surface area contributed by atoms with Crippen molar-refractivity contribution >= 4 is 12.1 Å². The van der Waals surface area contributed by atoms with Gasteiger partial charge in [-0.05, 0) is 67.7 Å². The monoisotopic (exact) mass is 652 g/mol. The fourth-order valence-corrected chi connectivity index (χ4v) is 8.28. The zero-order valence-corrected chi connectivity index (χ0v) is 28.3. The molecular formula is C38H58N3O6+. The maximum absolute atomic E-state index is 12.0. The molecule has 1 aliphatic carbocycles. The molecule has 4 fully saturated rings. The molecule has 2 unspecified atom stereocenters.